The van der Waals surface area contributed by atoms with Crippen molar-refractivity contribution in [1.82, 2.24) is 0 Å². The summed E-state index contributed by atoms with van der Waals surface area (Å²) < 4.78 is 0. The van der Waals surface area contributed by atoms with Gasteiger partial charge in [-0.3, -0.25) is 9.79 Å². The lowest BCUT2D eigenvalue weighted by Gasteiger charge is -2.13. The van der Waals surface area contributed by atoms with Crippen LogP contribution in [0, 0.1) is 5.92 Å². The maximum atomic E-state index is 12.6. The van der Waals surface area contributed by atoms with Crippen LogP contribution in [-0.2, 0) is 4.79 Å². The van der Waals surface area contributed by atoms with E-state index in [9.17, 15) is 4.79 Å². The number of rotatable bonds is 4. The van der Waals surface area contributed by atoms with Crippen LogP contribution in [0.25, 0.3) is 0 Å². The van der Waals surface area contributed by atoms with Crippen LogP contribution in [0.1, 0.15) is 6.92 Å². The van der Waals surface area contributed by atoms with Crippen molar-refractivity contribution < 1.29 is 4.79 Å². The number of halogens is 1. The summed E-state index contributed by atoms with van der Waals surface area (Å²) in [5.74, 6) is -0.572. The molecule has 0 bridgehead atoms. The lowest BCUT2D eigenvalue weighted by Crippen LogP contribution is -2.27. The molecule has 0 fully saturated rings. The van der Waals surface area contributed by atoms with Crippen molar-refractivity contribution in [1.29, 1.82) is 0 Å². The van der Waals surface area contributed by atoms with Gasteiger partial charge in [0.25, 0.3) is 5.91 Å². The van der Waals surface area contributed by atoms with Crippen LogP contribution in [-0.4, -0.2) is 31.9 Å². The van der Waals surface area contributed by atoms with Gasteiger partial charge in [0.1, 0.15) is 5.92 Å². The molecular weight excluding hydrogens is 336 g/mol. The summed E-state index contributed by atoms with van der Waals surface area (Å²) in [7, 11) is 3.97. The van der Waals surface area contributed by atoms with Crippen LogP contribution >= 0.6 is 11.6 Å². The third-order valence-corrected chi connectivity index (χ3v) is 4.24. The molecule has 5 nitrogen and oxygen atoms in total. The van der Waals surface area contributed by atoms with Crippen molar-refractivity contribution >= 4 is 46.5 Å². The van der Waals surface area contributed by atoms with Gasteiger partial charge >= 0.3 is 0 Å². The molecule has 0 N–H and O–H groups in total. The van der Waals surface area contributed by atoms with Gasteiger partial charge in [-0.1, -0.05) is 11.6 Å². The van der Waals surface area contributed by atoms with E-state index in [-0.39, 0.29) is 5.91 Å². The van der Waals surface area contributed by atoms with E-state index < -0.39 is 5.92 Å². The molecule has 6 heteroatoms. The van der Waals surface area contributed by atoms with Crippen molar-refractivity contribution in [3.05, 3.63) is 53.6 Å². The summed E-state index contributed by atoms with van der Waals surface area (Å²) in [5, 5.41) is 6.38. The third-order valence-electron chi connectivity index (χ3n) is 3.99. The summed E-state index contributed by atoms with van der Waals surface area (Å²) in [4.78, 5) is 19.1. The van der Waals surface area contributed by atoms with Gasteiger partial charge in [-0.05, 0) is 55.5 Å². The van der Waals surface area contributed by atoms with Gasteiger partial charge in [-0.2, -0.15) is 10.1 Å². The Hall–Kier alpha value is -2.66. The van der Waals surface area contributed by atoms with Crippen LogP contribution in [0.2, 0.25) is 5.02 Å². The molecule has 1 aliphatic rings. The van der Waals surface area contributed by atoms with E-state index in [1.807, 2.05) is 50.2 Å². The molecule has 0 spiro atoms. The van der Waals surface area contributed by atoms with E-state index in [0.29, 0.717) is 16.4 Å². The van der Waals surface area contributed by atoms with Gasteiger partial charge < -0.3 is 4.90 Å². The number of hydrogen-bond donors (Lipinski definition) is 0. The second-order valence-corrected chi connectivity index (χ2v) is 6.47. The number of amides is 1. The minimum Gasteiger partial charge on any atom is -0.378 e. The molecule has 3 rings (SSSR count). The molecular formula is C19H19ClN4O. The Morgan fingerprint density at radius 1 is 1.12 bits per heavy atom. The van der Waals surface area contributed by atoms with Gasteiger partial charge in [-0.25, -0.2) is 0 Å². The number of nitrogens with zero attached hydrogens (tertiary/aromatic N) is 4. The molecule has 0 aliphatic carbocycles. The first kappa shape index (κ1) is 17.2. The van der Waals surface area contributed by atoms with E-state index in [4.69, 9.17) is 11.6 Å². The number of carbonyl (C=O) groups is 1. The standard InChI is InChI=1S/C19H19ClN4O/c1-13-18(12-21-15-6-10-16(11-7-15)23(2)3)19(25)24(22-13)17-8-4-14(20)5-9-17/h4-12,18H,1-3H3. The lowest BCUT2D eigenvalue weighted by atomic mass is 10.1. The van der Waals surface area contributed by atoms with Crippen molar-refractivity contribution in [2.45, 2.75) is 6.92 Å². The highest BCUT2D eigenvalue weighted by Gasteiger charge is 2.33. The molecule has 1 unspecified atom stereocenters. The highest BCUT2D eigenvalue weighted by Crippen LogP contribution is 2.25. The predicted octanol–water partition coefficient (Wildman–Crippen LogP) is 4.15. The minimum atomic E-state index is -0.454. The van der Waals surface area contributed by atoms with Crippen LogP contribution in [0.4, 0.5) is 17.1 Å². The molecule has 1 amide bonds. The summed E-state index contributed by atoms with van der Waals surface area (Å²) in [6, 6.07) is 14.9. The molecule has 0 aromatic heterocycles. The van der Waals surface area contributed by atoms with Gasteiger partial charge in [0.2, 0.25) is 0 Å². The fraction of sp³-hybridized carbons (Fsp3) is 0.211. The Bertz CT molecular complexity index is 826. The molecule has 1 atom stereocenters. The van der Waals surface area contributed by atoms with E-state index >= 15 is 0 Å². The zero-order chi connectivity index (χ0) is 18.0. The Labute approximate surface area is 152 Å². The molecule has 1 aliphatic heterocycles. The van der Waals surface area contributed by atoms with Gasteiger partial charge in [0.15, 0.2) is 0 Å². The SMILES string of the molecule is CC1=NN(c2ccc(Cl)cc2)C(=O)C1C=Nc1ccc(N(C)C)cc1. The molecule has 25 heavy (non-hydrogen) atoms. The number of carbonyl (C=O) groups excluding carboxylic acids is 1. The van der Waals surface area contributed by atoms with Crippen molar-refractivity contribution in [2.75, 3.05) is 24.0 Å². The molecule has 1 heterocycles. The Morgan fingerprint density at radius 3 is 2.36 bits per heavy atom. The summed E-state index contributed by atoms with van der Waals surface area (Å²) in [6.07, 6.45) is 1.65. The molecule has 2 aromatic rings. The average Bonchev–Trinajstić information content (AvgIpc) is 2.88. The first-order valence-corrected chi connectivity index (χ1v) is 8.30. The smallest absolute Gasteiger partial charge is 0.261 e. The summed E-state index contributed by atoms with van der Waals surface area (Å²) >= 11 is 5.90. The highest BCUT2D eigenvalue weighted by atomic mass is 35.5. The first-order valence-electron chi connectivity index (χ1n) is 7.92. The number of hydrogen-bond acceptors (Lipinski definition) is 4. The van der Waals surface area contributed by atoms with E-state index in [1.165, 1.54) is 5.01 Å². The van der Waals surface area contributed by atoms with Crippen molar-refractivity contribution in [3.8, 4) is 0 Å². The van der Waals surface area contributed by atoms with Gasteiger partial charge in [0.05, 0.1) is 17.1 Å². The van der Waals surface area contributed by atoms with Crippen LogP contribution < -0.4 is 9.91 Å². The second-order valence-electron chi connectivity index (χ2n) is 6.03. The van der Waals surface area contributed by atoms with Crippen LogP contribution in [0.5, 0.6) is 0 Å². The Kier molecular flexibility index (Phi) is 4.86. The van der Waals surface area contributed by atoms with Crippen LogP contribution in [0.15, 0.2) is 58.6 Å². The number of anilines is 2. The fourth-order valence-electron chi connectivity index (χ4n) is 2.52. The number of aliphatic imine (C=N–C) groups is 1. The normalized spacial score (nSPS) is 17.3. The highest BCUT2D eigenvalue weighted by molar-refractivity contribution is 6.30. The number of benzene rings is 2. The number of hydrazone groups is 1. The van der Waals surface area contributed by atoms with E-state index in [2.05, 4.69) is 10.1 Å². The molecule has 2 aromatic carbocycles. The maximum absolute atomic E-state index is 12.6. The monoisotopic (exact) mass is 354 g/mol. The first-order chi connectivity index (χ1) is 12.0. The Morgan fingerprint density at radius 2 is 1.76 bits per heavy atom. The topological polar surface area (TPSA) is 48.3 Å². The van der Waals surface area contributed by atoms with E-state index in [1.54, 1.807) is 30.5 Å². The van der Waals surface area contributed by atoms with Crippen molar-refractivity contribution in [3.63, 3.8) is 0 Å². The zero-order valence-corrected chi connectivity index (χ0v) is 15.1. The average molecular weight is 355 g/mol. The zero-order valence-electron chi connectivity index (χ0n) is 14.3. The third kappa shape index (κ3) is 3.72. The van der Waals surface area contributed by atoms with E-state index in [0.717, 1.165) is 11.4 Å². The second kappa shape index (κ2) is 7.07. The van der Waals surface area contributed by atoms with Crippen molar-refractivity contribution in [2.24, 2.45) is 16.0 Å². The summed E-state index contributed by atoms with van der Waals surface area (Å²) in [5.41, 5.74) is 3.31. The summed E-state index contributed by atoms with van der Waals surface area (Å²) in [6.45, 7) is 1.83. The van der Waals surface area contributed by atoms with Gasteiger partial charge in [0, 0.05) is 31.0 Å². The molecule has 128 valence electrons. The van der Waals surface area contributed by atoms with Gasteiger partial charge in [-0.15, -0.1) is 0 Å². The minimum absolute atomic E-state index is 0.117. The quantitative estimate of drug-likeness (QED) is 0.774. The molecule has 0 saturated heterocycles. The predicted molar refractivity (Wildman–Crippen MR) is 104 cm³/mol. The van der Waals surface area contributed by atoms with Crippen LogP contribution in [0.3, 0.4) is 0 Å². The molecule has 0 radical (unpaired) electrons. The maximum Gasteiger partial charge on any atom is 0.261 e. The fourth-order valence-corrected chi connectivity index (χ4v) is 2.64. The lowest BCUT2D eigenvalue weighted by molar-refractivity contribution is -0.118. The Balaban J connectivity index is 1.76. The largest absolute Gasteiger partial charge is 0.378 e. The molecule has 0 saturated carbocycles.